The molecule has 0 aliphatic heterocycles. The molecule has 0 saturated carbocycles. The number of carboxylic acids is 1. The standard InChI is InChI=1S/C23H18F2N2O4/c1-14-7-8-17(24)10-18(14)21-20(31-2)9-16(12-26-21)23(22(29)30,27-13-28)11-15-5-3-4-6-19(15)25/h3-10,12H,11H2,1-2H3,(H,29,30)/t23-/m0/s1. The van der Waals surface area contributed by atoms with Gasteiger partial charge in [0.25, 0.3) is 0 Å². The Morgan fingerprint density at radius 3 is 2.61 bits per heavy atom. The van der Waals surface area contributed by atoms with Gasteiger partial charge in [-0.05, 0) is 42.3 Å². The van der Waals surface area contributed by atoms with Crippen LogP contribution in [-0.2, 0) is 21.5 Å². The molecule has 0 saturated heterocycles. The lowest BCUT2D eigenvalue weighted by Crippen LogP contribution is -2.36. The van der Waals surface area contributed by atoms with E-state index in [0.29, 0.717) is 5.56 Å². The van der Waals surface area contributed by atoms with Gasteiger partial charge < -0.3 is 9.84 Å². The first-order valence-corrected chi connectivity index (χ1v) is 9.19. The highest BCUT2D eigenvalue weighted by atomic mass is 19.1. The summed E-state index contributed by atoms with van der Waals surface area (Å²) in [7, 11) is 1.35. The fourth-order valence-electron chi connectivity index (χ4n) is 3.33. The van der Waals surface area contributed by atoms with Crippen molar-refractivity contribution in [3.8, 4) is 17.0 Å². The van der Waals surface area contributed by atoms with Crippen LogP contribution in [0.5, 0.6) is 5.75 Å². The number of ether oxygens (including phenoxy) is 1. The van der Waals surface area contributed by atoms with Gasteiger partial charge in [-0.25, -0.2) is 18.4 Å². The molecule has 0 bridgehead atoms. The second-order valence-corrected chi connectivity index (χ2v) is 6.87. The number of aryl methyl sites for hydroxylation is 1. The minimum absolute atomic E-state index is 0.0127. The van der Waals surface area contributed by atoms with Crippen LogP contribution in [-0.4, -0.2) is 29.2 Å². The molecule has 3 rings (SSSR count). The van der Waals surface area contributed by atoms with Gasteiger partial charge >= 0.3 is 5.97 Å². The van der Waals surface area contributed by atoms with Gasteiger partial charge in [0.1, 0.15) is 23.1 Å². The molecule has 31 heavy (non-hydrogen) atoms. The Labute approximate surface area is 176 Å². The molecule has 1 aromatic heterocycles. The second kappa shape index (κ2) is 8.85. The Morgan fingerprint density at radius 2 is 1.97 bits per heavy atom. The molecule has 3 aromatic rings. The van der Waals surface area contributed by atoms with Gasteiger partial charge in [-0.1, -0.05) is 24.3 Å². The summed E-state index contributed by atoms with van der Waals surface area (Å²) < 4.78 is 33.4. The predicted octanol–water partition coefficient (Wildman–Crippen LogP) is 4.20. The molecule has 0 unspecified atom stereocenters. The molecule has 0 radical (unpaired) electrons. The number of carboxylic acid groups (broad SMARTS) is 1. The van der Waals surface area contributed by atoms with Crippen LogP contribution in [0.4, 0.5) is 8.78 Å². The summed E-state index contributed by atoms with van der Waals surface area (Å²) >= 11 is 0. The van der Waals surface area contributed by atoms with Crippen LogP contribution in [0.25, 0.3) is 11.3 Å². The number of hydrogen-bond donors (Lipinski definition) is 1. The van der Waals surface area contributed by atoms with Crippen molar-refractivity contribution in [1.29, 1.82) is 0 Å². The summed E-state index contributed by atoms with van der Waals surface area (Å²) in [6.45, 7) is 1.76. The van der Waals surface area contributed by atoms with Crippen molar-refractivity contribution in [3.05, 3.63) is 83.1 Å². The van der Waals surface area contributed by atoms with E-state index in [0.717, 1.165) is 5.56 Å². The van der Waals surface area contributed by atoms with E-state index in [1.54, 1.807) is 19.1 Å². The largest absolute Gasteiger partial charge is 0.494 e. The number of aliphatic imine (C=N–C) groups is 1. The van der Waals surface area contributed by atoms with E-state index in [1.165, 1.54) is 55.8 Å². The van der Waals surface area contributed by atoms with Crippen LogP contribution in [0, 0.1) is 18.6 Å². The third-order valence-electron chi connectivity index (χ3n) is 5.00. The van der Waals surface area contributed by atoms with Crippen molar-refractivity contribution in [2.75, 3.05) is 7.11 Å². The van der Waals surface area contributed by atoms with Crippen molar-refractivity contribution < 1.29 is 28.2 Å². The van der Waals surface area contributed by atoms with Gasteiger partial charge in [-0.3, -0.25) is 4.98 Å². The fourth-order valence-corrected chi connectivity index (χ4v) is 3.33. The number of halogens is 2. The molecule has 1 N–H and O–H groups in total. The number of aromatic nitrogens is 1. The van der Waals surface area contributed by atoms with E-state index in [9.17, 15) is 23.5 Å². The summed E-state index contributed by atoms with van der Waals surface area (Å²) in [6, 6.07) is 11.1. The van der Waals surface area contributed by atoms with Gasteiger partial charge in [0, 0.05) is 23.7 Å². The fraction of sp³-hybridized carbons (Fsp3) is 0.174. The molecule has 1 heterocycles. The normalized spacial score (nSPS) is 12.5. The number of aliphatic carboxylic acids is 1. The minimum Gasteiger partial charge on any atom is -0.494 e. The molecule has 0 amide bonds. The van der Waals surface area contributed by atoms with Gasteiger partial charge in [0.15, 0.2) is 0 Å². The van der Waals surface area contributed by atoms with Gasteiger partial charge in [0.2, 0.25) is 11.6 Å². The second-order valence-electron chi connectivity index (χ2n) is 6.87. The number of carbonyl (C=O) groups excluding carboxylic acids is 1. The third kappa shape index (κ3) is 4.20. The number of nitrogens with zero attached hydrogens (tertiary/aromatic N) is 2. The smallest absolute Gasteiger partial charge is 0.337 e. The highest BCUT2D eigenvalue weighted by Gasteiger charge is 2.42. The van der Waals surface area contributed by atoms with E-state index in [2.05, 4.69) is 9.98 Å². The summed E-state index contributed by atoms with van der Waals surface area (Å²) in [5.74, 6) is -2.45. The lowest BCUT2D eigenvalue weighted by molar-refractivity contribution is -0.143. The van der Waals surface area contributed by atoms with Crippen LogP contribution in [0.3, 0.4) is 0 Å². The molecule has 0 fully saturated rings. The molecule has 8 heteroatoms. The van der Waals surface area contributed by atoms with Crippen molar-refractivity contribution in [3.63, 3.8) is 0 Å². The molecule has 0 aliphatic rings. The molecule has 2 aromatic carbocycles. The molecular formula is C23H18F2N2O4. The van der Waals surface area contributed by atoms with Gasteiger partial charge in [0.05, 0.1) is 7.11 Å². The topological polar surface area (TPSA) is 88.8 Å². The highest BCUT2D eigenvalue weighted by Crippen LogP contribution is 2.37. The molecule has 6 nitrogen and oxygen atoms in total. The SMILES string of the molecule is COc1cc([C@](Cc2ccccc2F)(N=C=O)C(=O)O)cnc1-c1cc(F)ccc1C. The number of pyridine rings is 1. The van der Waals surface area contributed by atoms with E-state index in [1.807, 2.05) is 0 Å². The van der Waals surface area contributed by atoms with Crippen LogP contribution in [0.2, 0.25) is 0 Å². The summed E-state index contributed by atoms with van der Waals surface area (Å²) in [5.41, 5.74) is -0.684. The molecular weight excluding hydrogens is 406 g/mol. The predicted molar refractivity (Wildman–Crippen MR) is 108 cm³/mol. The van der Waals surface area contributed by atoms with Crippen molar-refractivity contribution in [2.45, 2.75) is 18.9 Å². The lowest BCUT2D eigenvalue weighted by Gasteiger charge is -2.25. The van der Waals surface area contributed by atoms with Crippen LogP contribution in [0.15, 0.2) is 59.7 Å². The quantitative estimate of drug-likeness (QED) is 0.454. The monoisotopic (exact) mass is 424 g/mol. The zero-order chi connectivity index (χ0) is 22.6. The Hall–Kier alpha value is -3.90. The number of carbonyl (C=O) groups is 1. The van der Waals surface area contributed by atoms with Crippen LogP contribution < -0.4 is 4.74 Å². The molecule has 1 atom stereocenters. The first kappa shape index (κ1) is 21.8. The van der Waals surface area contributed by atoms with Crippen molar-refractivity contribution >= 4 is 12.0 Å². The van der Waals surface area contributed by atoms with Crippen LogP contribution in [0.1, 0.15) is 16.7 Å². The molecule has 0 spiro atoms. The lowest BCUT2D eigenvalue weighted by atomic mass is 9.84. The number of isocyanates is 1. The number of methoxy groups -OCH3 is 1. The maximum atomic E-state index is 14.2. The average Bonchev–Trinajstić information content (AvgIpc) is 2.76. The average molecular weight is 424 g/mol. The Morgan fingerprint density at radius 1 is 1.23 bits per heavy atom. The van der Waals surface area contributed by atoms with E-state index in [4.69, 9.17) is 4.74 Å². The van der Waals surface area contributed by atoms with E-state index in [-0.39, 0.29) is 22.6 Å². The third-order valence-corrected chi connectivity index (χ3v) is 5.00. The zero-order valence-corrected chi connectivity index (χ0v) is 16.7. The Bertz CT molecular complexity index is 1190. The first-order valence-electron chi connectivity index (χ1n) is 9.19. The van der Waals surface area contributed by atoms with E-state index < -0.39 is 29.6 Å². The van der Waals surface area contributed by atoms with Crippen LogP contribution >= 0.6 is 0 Å². The molecule has 158 valence electrons. The first-order chi connectivity index (χ1) is 14.8. The summed E-state index contributed by atoms with van der Waals surface area (Å²) in [4.78, 5) is 31.2. The highest BCUT2D eigenvalue weighted by molar-refractivity contribution is 5.83. The maximum absolute atomic E-state index is 14.2. The van der Waals surface area contributed by atoms with E-state index >= 15 is 0 Å². The van der Waals surface area contributed by atoms with Crippen molar-refractivity contribution in [2.24, 2.45) is 4.99 Å². The Kier molecular flexibility index (Phi) is 6.22. The number of hydrogen-bond acceptors (Lipinski definition) is 5. The zero-order valence-electron chi connectivity index (χ0n) is 16.7. The Balaban J connectivity index is 2.20. The molecule has 0 aliphatic carbocycles. The minimum atomic E-state index is -2.18. The van der Waals surface area contributed by atoms with Crippen molar-refractivity contribution in [1.82, 2.24) is 4.98 Å². The number of rotatable bonds is 7. The van der Waals surface area contributed by atoms with Gasteiger partial charge in [-0.15, -0.1) is 0 Å². The maximum Gasteiger partial charge on any atom is 0.337 e. The van der Waals surface area contributed by atoms with Gasteiger partial charge in [-0.2, -0.15) is 4.99 Å². The number of benzene rings is 2. The summed E-state index contributed by atoms with van der Waals surface area (Å²) in [5, 5.41) is 9.98. The summed E-state index contributed by atoms with van der Waals surface area (Å²) in [6.07, 6.45) is 2.04.